The molecule has 0 aliphatic rings. The Morgan fingerprint density at radius 2 is 1.65 bits per heavy atom. The van der Waals surface area contributed by atoms with Crippen molar-refractivity contribution < 1.29 is 0 Å². The number of pyridine rings is 2. The van der Waals surface area contributed by atoms with Crippen molar-refractivity contribution in [1.82, 2.24) is 19.9 Å². The van der Waals surface area contributed by atoms with Crippen LogP contribution in [-0.2, 0) is 0 Å². The zero-order valence-corrected chi connectivity index (χ0v) is 12.8. The van der Waals surface area contributed by atoms with E-state index in [1.807, 2.05) is 42.6 Å². The summed E-state index contributed by atoms with van der Waals surface area (Å²) in [5.74, 6) is 0.699. The van der Waals surface area contributed by atoms with E-state index in [0.717, 1.165) is 36.9 Å². The van der Waals surface area contributed by atoms with Crippen LogP contribution in [0.15, 0.2) is 61.1 Å². The van der Waals surface area contributed by atoms with Crippen molar-refractivity contribution in [2.45, 2.75) is 0 Å². The number of para-hydroxylation sites is 1. The molecule has 0 unspecified atom stereocenters. The summed E-state index contributed by atoms with van der Waals surface area (Å²) in [6.07, 6.45) is 5.49. The van der Waals surface area contributed by atoms with E-state index in [4.69, 9.17) is 4.98 Å². The molecule has 0 aliphatic carbocycles. The van der Waals surface area contributed by atoms with Crippen LogP contribution < -0.4 is 0 Å². The third-order valence-corrected chi connectivity index (χ3v) is 4.90. The quantitative estimate of drug-likeness (QED) is 0.458. The molecule has 108 valence electrons. The summed E-state index contributed by atoms with van der Waals surface area (Å²) in [6.45, 7) is 0. The van der Waals surface area contributed by atoms with Gasteiger partial charge < -0.3 is 0 Å². The third-order valence-electron chi connectivity index (χ3n) is 3.86. The average Bonchev–Trinajstić information content (AvgIpc) is 2.99. The zero-order chi connectivity index (χ0) is 15.2. The van der Waals surface area contributed by atoms with Gasteiger partial charge in [0.1, 0.15) is 4.83 Å². The van der Waals surface area contributed by atoms with Gasteiger partial charge in [-0.2, -0.15) is 0 Å². The van der Waals surface area contributed by atoms with E-state index in [-0.39, 0.29) is 0 Å². The van der Waals surface area contributed by atoms with Gasteiger partial charge >= 0.3 is 0 Å². The standard InChI is InChI=1S/C18H10N4S/c1-4-11-5-2-8-19-15(11)12(6-1)17-21-10-14-16(22-17)13-7-3-9-20-18(13)23-14/h1-10H. The van der Waals surface area contributed by atoms with Gasteiger partial charge in [0.25, 0.3) is 0 Å². The number of thiophene rings is 1. The number of rotatable bonds is 1. The molecule has 5 aromatic rings. The van der Waals surface area contributed by atoms with Crippen LogP contribution in [0.2, 0.25) is 0 Å². The molecule has 0 radical (unpaired) electrons. The molecule has 5 heteroatoms. The number of hydrogen-bond acceptors (Lipinski definition) is 5. The Balaban J connectivity index is 1.84. The molecule has 0 saturated carbocycles. The molecule has 0 fully saturated rings. The normalized spacial score (nSPS) is 11.5. The van der Waals surface area contributed by atoms with E-state index in [1.54, 1.807) is 23.7 Å². The summed E-state index contributed by atoms with van der Waals surface area (Å²) in [6, 6.07) is 14.1. The van der Waals surface area contributed by atoms with Gasteiger partial charge in [-0.15, -0.1) is 11.3 Å². The third kappa shape index (κ3) is 1.90. The summed E-state index contributed by atoms with van der Waals surface area (Å²) in [7, 11) is 0. The highest BCUT2D eigenvalue weighted by atomic mass is 32.1. The predicted octanol–water partition coefficient (Wildman–Crippen LogP) is 4.45. The highest BCUT2D eigenvalue weighted by molar-refractivity contribution is 7.25. The fourth-order valence-corrected chi connectivity index (χ4v) is 3.76. The number of benzene rings is 1. The first-order chi connectivity index (χ1) is 11.4. The number of nitrogens with zero attached hydrogens (tertiary/aromatic N) is 4. The summed E-state index contributed by atoms with van der Waals surface area (Å²) in [4.78, 5) is 19.3. The average molecular weight is 314 g/mol. The second kappa shape index (κ2) is 4.79. The summed E-state index contributed by atoms with van der Waals surface area (Å²) in [5, 5.41) is 2.16. The van der Waals surface area contributed by atoms with Crippen molar-refractivity contribution in [3.63, 3.8) is 0 Å². The molecule has 0 spiro atoms. The Morgan fingerprint density at radius 1 is 0.783 bits per heavy atom. The molecule has 0 amide bonds. The SMILES string of the molecule is c1cnc2c(-c3ncc4sc5ncccc5c4n3)cccc2c1. The van der Waals surface area contributed by atoms with E-state index in [0.29, 0.717) is 5.82 Å². The van der Waals surface area contributed by atoms with E-state index in [1.165, 1.54) is 0 Å². The summed E-state index contributed by atoms with van der Waals surface area (Å²) in [5.41, 5.74) is 2.83. The Bertz CT molecular complexity index is 1170. The van der Waals surface area contributed by atoms with Crippen LogP contribution in [0, 0.1) is 0 Å². The fraction of sp³-hybridized carbons (Fsp3) is 0. The molecule has 1 aromatic carbocycles. The molecule has 23 heavy (non-hydrogen) atoms. The maximum absolute atomic E-state index is 4.80. The van der Waals surface area contributed by atoms with Crippen LogP contribution in [0.3, 0.4) is 0 Å². The molecule has 4 aromatic heterocycles. The maximum atomic E-state index is 4.80. The minimum Gasteiger partial charge on any atom is -0.255 e. The Labute approximate surface area is 135 Å². The monoisotopic (exact) mass is 314 g/mol. The lowest BCUT2D eigenvalue weighted by molar-refractivity contribution is 1.24. The maximum Gasteiger partial charge on any atom is 0.162 e. The first kappa shape index (κ1) is 12.6. The van der Waals surface area contributed by atoms with Crippen molar-refractivity contribution in [3.05, 3.63) is 61.1 Å². The molecule has 4 heterocycles. The highest BCUT2D eigenvalue weighted by Gasteiger charge is 2.12. The van der Waals surface area contributed by atoms with Crippen molar-refractivity contribution in [2.75, 3.05) is 0 Å². The van der Waals surface area contributed by atoms with Gasteiger partial charge in [0.2, 0.25) is 0 Å². The van der Waals surface area contributed by atoms with E-state index < -0.39 is 0 Å². The lowest BCUT2D eigenvalue weighted by Crippen LogP contribution is -1.91. The largest absolute Gasteiger partial charge is 0.255 e. The van der Waals surface area contributed by atoms with Crippen molar-refractivity contribution >= 4 is 42.7 Å². The second-order valence-corrected chi connectivity index (χ2v) is 6.28. The zero-order valence-electron chi connectivity index (χ0n) is 12.0. The number of fused-ring (bicyclic) bond motifs is 4. The molecule has 5 rings (SSSR count). The Morgan fingerprint density at radius 3 is 2.65 bits per heavy atom. The number of aromatic nitrogens is 4. The minimum absolute atomic E-state index is 0.699. The van der Waals surface area contributed by atoms with Gasteiger partial charge in [-0.05, 0) is 24.3 Å². The van der Waals surface area contributed by atoms with Crippen LogP contribution in [0.5, 0.6) is 0 Å². The van der Waals surface area contributed by atoms with E-state index in [9.17, 15) is 0 Å². The van der Waals surface area contributed by atoms with Gasteiger partial charge in [0.05, 0.1) is 15.7 Å². The van der Waals surface area contributed by atoms with Crippen molar-refractivity contribution in [3.8, 4) is 11.4 Å². The predicted molar refractivity (Wildman–Crippen MR) is 93.5 cm³/mol. The molecule has 0 saturated heterocycles. The van der Waals surface area contributed by atoms with Crippen LogP contribution in [0.1, 0.15) is 0 Å². The van der Waals surface area contributed by atoms with Crippen LogP contribution in [0.25, 0.3) is 42.7 Å². The molecule has 4 nitrogen and oxygen atoms in total. The van der Waals surface area contributed by atoms with E-state index in [2.05, 4.69) is 21.0 Å². The van der Waals surface area contributed by atoms with Gasteiger partial charge in [0.15, 0.2) is 5.82 Å². The number of hydrogen-bond donors (Lipinski definition) is 0. The molecule has 0 atom stereocenters. The Kier molecular flexibility index (Phi) is 2.63. The Hall–Kier alpha value is -2.92. The van der Waals surface area contributed by atoms with Gasteiger partial charge in [-0.25, -0.2) is 15.0 Å². The highest BCUT2D eigenvalue weighted by Crippen LogP contribution is 2.32. The van der Waals surface area contributed by atoms with Crippen molar-refractivity contribution in [1.29, 1.82) is 0 Å². The van der Waals surface area contributed by atoms with Crippen molar-refractivity contribution in [2.24, 2.45) is 0 Å². The van der Waals surface area contributed by atoms with Gasteiger partial charge in [-0.3, -0.25) is 4.98 Å². The molecular weight excluding hydrogens is 304 g/mol. The lowest BCUT2D eigenvalue weighted by Gasteiger charge is -2.04. The first-order valence-electron chi connectivity index (χ1n) is 7.24. The van der Waals surface area contributed by atoms with Gasteiger partial charge in [-0.1, -0.05) is 18.2 Å². The first-order valence-corrected chi connectivity index (χ1v) is 8.06. The second-order valence-electron chi connectivity index (χ2n) is 5.25. The fourth-order valence-electron chi connectivity index (χ4n) is 2.81. The molecular formula is C18H10N4S. The van der Waals surface area contributed by atoms with Crippen LogP contribution in [0.4, 0.5) is 0 Å². The summed E-state index contributed by atoms with van der Waals surface area (Å²) >= 11 is 1.62. The molecule has 0 aliphatic heterocycles. The summed E-state index contributed by atoms with van der Waals surface area (Å²) < 4.78 is 1.05. The van der Waals surface area contributed by atoms with Gasteiger partial charge in [0, 0.05) is 34.9 Å². The van der Waals surface area contributed by atoms with Crippen LogP contribution >= 0.6 is 11.3 Å². The van der Waals surface area contributed by atoms with Crippen LogP contribution in [-0.4, -0.2) is 19.9 Å². The topological polar surface area (TPSA) is 51.6 Å². The lowest BCUT2D eigenvalue weighted by atomic mass is 10.1. The smallest absolute Gasteiger partial charge is 0.162 e. The van der Waals surface area contributed by atoms with E-state index >= 15 is 0 Å². The molecule has 0 N–H and O–H groups in total. The molecule has 0 bridgehead atoms. The minimum atomic E-state index is 0.699.